The van der Waals surface area contributed by atoms with Gasteiger partial charge >= 0.3 is 0 Å². The van der Waals surface area contributed by atoms with E-state index in [1.807, 2.05) is 13.8 Å². The maximum Gasteiger partial charge on any atom is 0.153 e. The van der Waals surface area contributed by atoms with E-state index in [1.54, 1.807) is 24.3 Å². The highest BCUT2D eigenvalue weighted by Crippen LogP contribution is 2.23. The molecule has 10 nitrogen and oxygen atoms in total. The highest BCUT2D eigenvalue weighted by molar-refractivity contribution is 5.92. The van der Waals surface area contributed by atoms with Crippen molar-refractivity contribution >= 4 is 24.9 Å². The first-order valence-electron chi connectivity index (χ1n) is 9.83. The van der Waals surface area contributed by atoms with Crippen molar-refractivity contribution in [2.45, 2.75) is 13.8 Å². The second-order valence-corrected chi connectivity index (χ2v) is 6.85. The Morgan fingerprint density at radius 3 is 1.03 bits per heavy atom. The molecule has 1 aliphatic rings. The Morgan fingerprint density at radius 1 is 0.531 bits per heavy atom. The minimum atomic E-state index is -0.00427. The number of nitrogens with zero attached hydrogens (tertiary/aromatic N) is 4. The predicted molar refractivity (Wildman–Crippen MR) is 120 cm³/mol. The van der Waals surface area contributed by atoms with Gasteiger partial charge in [0.15, 0.2) is 26.4 Å². The third kappa shape index (κ3) is 6.46. The summed E-state index contributed by atoms with van der Waals surface area (Å²) in [5.41, 5.74) is 3.67. The number of oxime groups is 4. The van der Waals surface area contributed by atoms with Crippen molar-refractivity contribution in [2.24, 2.45) is 20.6 Å². The Morgan fingerprint density at radius 2 is 0.781 bits per heavy atom. The van der Waals surface area contributed by atoms with Crippen molar-refractivity contribution in [1.82, 2.24) is 0 Å². The molecular weight excluding hydrogens is 416 g/mol. The number of hydrogen-bond donors (Lipinski definition) is 2. The van der Waals surface area contributed by atoms with Gasteiger partial charge in [-0.2, -0.15) is 0 Å². The van der Waals surface area contributed by atoms with Crippen molar-refractivity contribution in [3.05, 3.63) is 57.6 Å². The maximum atomic E-state index is 10.4. The lowest BCUT2D eigenvalue weighted by atomic mass is 10.1. The number of benzene rings is 2. The first-order valence-corrected chi connectivity index (χ1v) is 9.83. The first-order chi connectivity index (χ1) is 15.5. The van der Waals surface area contributed by atoms with Crippen LogP contribution in [-0.2, 0) is 19.4 Å². The summed E-state index contributed by atoms with van der Waals surface area (Å²) in [6.45, 7) is 4.31. The van der Waals surface area contributed by atoms with Crippen LogP contribution < -0.4 is 0 Å². The van der Waals surface area contributed by atoms with E-state index in [0.29, 0.717) is 22.3 Å². The highest BCUT2D eigenvalue weighted by Gasteiger charge is 2.07. The van der Waals surface area contributed by atoms with Gasteiger partial charge < -0.3 is 29.6 Å². The zero-order chi connectivity index (χ0) is 22.8. The average molecular weight is 440 g/mol. The fraction of sp³-hybridized carbons (Fsp3) is 0.273. The molecular formula is C22H24N4O6. The first kappa shape index (κ1) is 22.6. The standard InChI is InChI=1S/C22H24N4O6/c1-15-7-17-11-23-29-3-5-31-25-13-19-9-16(2)10-20(22(19)28)14-26-32-6-4-30-24-12-18(8-15)21(17)27/h7-14,27-28H,3-6H2,1-2H3/b23-11+,24-12+,25-13+,26-14+. The van der Waals surface area contributed by atoms with Crippen molar-refractivity contribution < 1.29 is 29.6 Å². The van der Waals surface area contributed by atoms with Crippen LogP contribution in [0.5, 0.6) is 11.5 Å². The summed E-state index contributed by atoms with van der Waals surface area (Å²) in [4.78, 5) is 20.6. The zero-order valence-electron chi connectivity index (χ0n) is 17.8. The Hall–Kier alpha value is -4.08. The SMILES string of the molecule is Cc1cc2c(O)c(c1)/C=N/OCCO/N=C/c1cc(C)cc(c1O)/C=N/OCCO/N=C/2. The molecule has 0 spiro atoms. The average Bonchev–Trinajstić information content (AvgIpc) is 2.76. The van der Waals surface area contributed by atoms with Crippen molar-refractivity contribution in [3.63, 3.8) is 0 Å². The van der Waals surface area contributed by atoms with Crippen LogP contribution in [0.4, 0.5) is 0 Å². The molecule has 32 heavy (non-hydrogen) atoms. The molecule has 4 bridgehead atoms. The number of phenolic OH excluding ortho intramolecular Hbond substituents is 2. The second kappa shape index (κ2) is 11.3. The van der Waals surface area contributed by atoms with E-state index >= 15 is 0 Å². The van der Waals surface area contributed by atoms with Crippen molar-refractivity contribution in [2.75, 3.05) is 26.4 Å². The normalized spacial score (nSPS) is 18.8. The number of rotatable bonds is 0. The molecule has 0 saturated carbocycles. The van der Waals surface area contributed by atoms with Crippen LogP contribution >= 0.6 is 0 Å². The van der Waals surface area contributed by atoms with Crippen LogP contribution in [0, 0.1) is 13.8 Å². The van der Waals surface area contributed by atoms with E-state index in [2.05, 4.69) is 20.6 Å². The van der Waals surface area contributed by atoms with Crippen LogP contribution in [0.3, 0.4) is 0 Å². The van der Waals surface area contributed by atoms with Gasteiger partial charge in [0.1, 0.15) is 11.5 Å². The van der Waals surface area contributed by atoms with Gasteiger partial charge in [-0.25, -0.2) is 0 Å². The summed E-state index contributed by atoms with van der Waals surface area (Å²) in [6.07, 6.45) is 5.59. The number of aromatic hydroxyl groups is 2. The van der Waals surface area contributed by atoms with Gasteiger partial charge in [0.2, 0.25) is 0 Å². The lowest BCUT2D eigenvalue weighted by Gasteiger charge is -2.06. The molecule has 10 heteroatoms. The van der Waals surface area contributed by atoms with Crippen molar-refractivity contribution in [3.8, 4) is 11.5 Å². The quantitative estimate of drug-likeness (QED) is 0.649. The van der Waals surface area contributed by atoms with Gasteiger partial charge in [0.05, 0.1) is 24.9 Å². The smallest absolute Gasteiger partial charge is 0.153 e. The minimum Gasteiger partial charge on any atom is -0.507 e. The van der Waals surface area contributed by atoms with E-state index in [4.69, 9.17) is 19.4 Å². The number of phenols is 2. The number of aryl methyl sites for hydroxylation is 2. The topological polar surface area (TPSA) is 127 Å². The summed E-state index contributed by atoms with van der Waals surface area (Å²) in [5.74, 6) is -0.00854. The van der Waals surface area contributed by atoms with Gasteiger partial charge in [-0.3, -0.25) is 0 Å². The summed E-state index contributed by atoms with van der Waals surface area (Å²) in [6, 6.07) is 7.03. The Bertz CT molecular complexity index is 891. The molecule has 0 aromatic heterocycles. The lowest BCUT2D eigenvalue weighted by molar-refractivity contribution is 0.0552. The van der Waals surface area contributed by atoms with Crippen LogP contribution in [0.1, 0.15) is 33.4 Å². The molecule has 168 valence electrons. The molecule has 0 amide bonds. The number of fused-ring (bicyclic) bond motifs is 4. The molecule has 3 rings (SSSR count). The summed E-state index contributed by atoms with van der Waals surface area (Å²) in [7, 11) is 0. The van der Waals surface area contributed by atoms with E-state index in [9.17, 15) is 10.2 Å². The maximum absolute atomic E-state index is 10.4. The van der Waals surface area contributed by atoms with Gasteiger partial charge in [-0.1, -0.05) is 20.6 Å². The van der Waals surface area contributed by atoms with Gasteiger partial charge in [0.25, 0.3) is 0 Å². The van der Waals surface area contributed by atoms with Crippen LogP contribution in [0.2, 0.25) is 0 Å². The van der Waals surface area contributed by atoms with Crippen LogP contribution in [-0.4, -0.2) is 61.5 Å². The van der Waals surface area contributed by atoms with E-state index in [0.717, 1.165) is 11.1 Å². The Balaban J connectivity index is 1.76. The van der Waals surface area contributed by atoms with E-state index in [1.165, 1.54) is 24.9 Å². The molecule has 1 aliphatic heterocycles. The molecule has 0 aliphatic carbocycles. The molecule has 1 heterocycles. The Labute approximate surface area is 185 Å². The molecule has 0 unspecified atom stereocenters. The van der Waals surface area contributed by atoms with E-state index in [-0.39, 0.29) is 37.9 Å². The Kier molecular flexibility index (Phi) is 8.02. The van der Waals surface area contributed by atoms with Gasteiger partial charge in [0, 0.05) is 22.3 Å². The molecule has 2 aromatic rings. The summed E-state index contributed by atoms with van der Waals surface area (Å²) in [5, 5.41) is 36.2. The molecule has 2 N–H and O–H groups in total. The molecule has 0 radical (unpaired) electrons. The van der Waals surface area contributed by atoms with Gasteiger partial charge in [-0.05, 0) is 49.2 Å². The highest BCUT2D eigenvalue weighted by atomic mass is 16.7. The van der Waals surface area contributed by atoms with Crippen LogP contribution in [0.25, 0.3) is 0 Å². The number of hydrogen-bond acceptors (Lipinski definition) is 10. The lowest BCUT2D eigenvalue weighted by Crippen LogP contribution is -2.00. The predicted octanol–water partition coefficient (Wildman–Crippen LogP) is 2.83. The molecule has 0 fully saturated rings. The third-order valence-electron chi connectivity index (χ3n) is 4.22. The third-order valence-corrected chi connectivity index (χ3v) is 4.22. The summed E-state index contributed by atoms with van der Waals surface area (Å²) < 4.78 is 0. The van der Waals surface area contributed by atoms with E-state index < -0.39 is 0 Å². The minimum absolute atomic E-state index is 0.00427. The largest absolute Gasteiger partial charge is 0.507 e. The van der Waals surface area contributed by atoms with Crippen LogP contribution in [0.15, 0.2) is 44.9 Å². The zero-order valence-corrected chi connectivity index (χ0v) is 17.8. The molecule has 0 saturated heterocycles. The van der Waals surface area contributed by atoms with Crippen molar-refractivity contribution in [1.29, 1.82) is 0 Å². The van der Waals surface area contributed by atoms with Gasteiger partial charge in [-0.15, -0.1) is 0 Å². The monoisotopic (exact) mass is 440 g/mol. The second-order valence-electron chi connectivity index (χ2n) is 6.85. The fourth-order valence-electron chi connectivity index (χ4n) is 2.80. The molecule has 0 atom stereocenters. The summed E-state index contributed by atoms with van der Waals surface area (Å²) >= 11 is 0. The molecule has 2 aromatic carbocycles. The fourth-order valence-corrected chi connectivity index (χ4v) is 2.80.